The van der Waals surface area contributed by atoms with Crippen LogP contribution in [0.2, 0.25) is 5.02 Å². The molecule has 0 atom stereocenters. The lowest BCUT2D eigenvalue weighted by Crippen LogP contribution is -2.07. The van der Waals surface area contributed by atoms with E-state index in [1.807, 2.05) is 32.0 Å². The molecule has 0 aliphatic heterocycles. The summed E-state index contributed by atoms with van der Waals surface area (Å²) in [6.45, 7) is 3.94. The van der Waals surface area contributed by atoms with Crippen LogP contribution in [0, 0.1) is 19.7 Å². The number of aryl methyl sites for hydroxylation is 2. The van der Waals surface area contributed by atoms with E-state index >= 15 is 0 Å². The van der Waals surface area contributed by atoms with E-state index in [1.54, 1.807) is 6.07 Å². The van der Waals surface area contributed by atoms with Crippen LogP contribution in [0.1, 0.15) is 27.0 Å². The van der Waals surface area contributed by atoms with Crippen LogP contribution in [0.5, 0.6) is 0 Å². The summed E-state index contributed by atoms with van der Waals surface area (Å²) in [6, 6.07) is 10.1. The number of ketones is 1. The van der Waals surface area contributed by atoms with Gasteiger partial charge < -0.3 is 0 Å². The van der Waals surface area contributed by atoms with Crippen molar-refractivity contribution in [2.75, 3.05) is 0 Å². The molecule has 2 rings (SSSR count). The van der Waals surface area contributed by atoms with Crippen molar-refractivity contribution >= 4 is 17.4 Å². The normalized spacial score (nSPS) is 10.5. The lowest BCUT2D eigenvalue weighted by atomic mass is 9.95. The van der Waals surface area contributed by atoms with E-state index in [2.05, 4.69) is 0 Å². The lowest BCUT2D eigenvalue weighted by molar-refractivity contribution is 0.0992. The van der Waals surface area contributed by atoms with Gasteiger partial charge in [0.2, 0.25) is 0 Å². The number of carbonyl (C=O) groups is 1. The molecule has 0 radical (unpaired) electrons. The second kappa shape index (κ2) is 5.54. The minimum atomic E-state index is -0.561. The van der Waals surface area contributed by atoms with E-state index in [9.17, 15) is 9.18 Å². The molecule has 0 fully saturated rings. The maximum Gasteiger partial charge on any atom is 0.167 e. The molecule has 0 heterocycles. The van der Waals surface area contributed by atoms with Crippen molar-refractivity contribution in [1.29, 1.82) is 0 Å². The minimum Gasteiger partial charge on any atom is -0.294 e. The average molecular weight is 277 g/mol. The van der Waals surface area contributed by atoms with Crippen LogP contribution in [-0.2, 0) is 6.42 Å². The Hall–Kier alpha value is -1.67. The van der Waals surface area contributed by atoms with E-state index in [-0.39, 0.29) is 17.2 Å². The zero-order valence-electron chi connectivity index (χ0n) is 10.8. The van der Waals surface area contributed by atoms with Crippen molar-refractivity contribution in [1.82, 2.24) is 0 Å². The molecule has 19 heavy (non-hydrogen) atoms. The molecule has 0 saturated heterocycles. The molecule has 0 amide bonds. The molecule has 0 spiro atoms. The third-order valence-electron chi connectivity index (χ3n) is 3.22. The van der Waals surface area contributed by atoms with Gasteiger partial charge in [0, 0.05) is 12.0 Å². The molecule has 2 aromatic rings. The van der Waals surface area contributed by atoms with Gasteiger partial charge in [-0.05, 0) is 48.7 Å². The van der Waals surface area contributed by atoms with E-state index in [4.69, 9.17) is 11.6 Å². The van der Waals surface area contributed by atoms with Crippen LogP contribution in [0.15, 0.2) is 36.4 Å². The third-order valence-corrected chi connectivity index (χ3v) is 3.53. The van der Waals surface area contributed by atoms with Crippen LogP contribution >= 0.6 is 11.6 Å². The Labute approximate surface area is 117 Å². The Morgan fingerprint density at radius 3 is 2.37 bits per heavy atom. The molecular weight excluding hydrogens is 263 g/mol. The van der Waals surface area contributed by atoms with Gasteiger partial charge in [0.05, 0.1) is 5.02 Å². The van der Waals surface area contributed by atoms with Gasteiger partial charge in [-0.3, -0.25) is 4.79 Å². The van der Waals surface area contributed by atoms with E-state index in [0.29, 0.717) is 5.56 Å². The van der Waals surface area contributed by atoms with Crippen molar-refractivity contribution in [2.24, 2.45) is 0 Å². The Morgan fingerprint density at radius 1 is 1.16 bits per heavy atom. The number of rotatable bonds is 3. The highest BCUT2D eigenvalue weighted by molar-refractivity contribution is 6.30. The molecular formula is C16H14ClFO. The summed E-state index contributed by atoms with van der Waals surface area (Å²) in [5, 5.41) is 0.0311. The van der Waals surface area contributed by atoms with Gasteiger partial charge in [-0.25, -0.2) is 4.39 Å². The van der Waals surface area contributed by atoms with Crippen LogP contribution in [0.3, 0.4) is 0 Å². The lowest BCUT2D eigenvalue weighted by Gasteiger charge is -2.09. The molecule has 0 aliphatic carbocycles. The number of hydrogen-bond acceptors (Lipinski definition) is 1. The predicted molar refractivity (Wildman–Crippen MR) is 75.4 cm³/mol. The summed E-state index contributed by atoms with van der Waals surface area (Å²) in [4.78, 5) is 12.2. The Kier molecular flexibility index (Phi) is 4.01. The first-order chi connectivity index (χ1) is 8.99. The monoisotopic (exact) mass is 276 g/mol. The third kappa shape index (κ3) is 3.02. The first kappa shape index (κ1) is 13.8. The molecule has 3 heteroatoms. The maximum atomic E-state index is 13.4. The highest BCUT2D eigenvalue weighted by Gasteiger charge is 2.12. The molecule has 0 aliphatic rings. The van der Waals surface area contributed by atoms with Gasteiger partial charge in [-0.1, -0.05) is 29.8 Å². The molecule has 0 unspecified atom stereocenters. The first-order valence-corrected chi connectivity index (χ1v) is 6.40. The predicted octanol–water partition coefficient (Wildman–Crippen LogP) is 4.52. The van der Waals surface area contributed by atoms with Crippen LogP contribution in [0.25, 0.3) is 0 Å². The Balaban J connectivity index is 2.28. The maximum absolute atomic E-state index is 13.4. The largest absolute Gasteiger partial charge is 0.294 e. The number of hydrogen-bond donors (Lipinski definition) is 0. The highest BCUT2D eigenvalue weighted by Crippen LogP contribution is 2.19. The van der Waals surface area contributed by atoms with E-state index in [0.717, 1.165) is 16.7 Å². The van der Waals surface area contributed by atoms with Gasteiger partial charge in [0.15, 0.2) is 5.78 Å². The highest BCUT2D eigenvalue weighted by atomic mass is 35.5. The first-order valence-electron chi connectivity index (χ1n) is 6.02. The van der Waals surface area contributed by atoms with Crippen LogP contribution < -0.4 is 0 Å². The van der Waals surface area contributed by atoms with Crippen LogP contribution in [0.4, 0.5) is 4.39 Å². The van der Waals surface area contributed by atoms with Crippen molar-refractivity contribution in [3.05, 3.63) is 69.5 Å². The van der Waals surface area contributed by atoms with Crippen molar-refractivity contribution in [2.45, 2.75) is 20.3 Å². The zero-order chi connectivity index (χ0) is 14.0. The van der Waals surface area contributed by atoms with Gasteiger partial charge in [-0.2, -0.15) is 0 Å². The molecule has 2 aromatic carbocycles. The Bertz CT molecular complexity index is 614. The standard InChI is InChI=1S/C16H14ClFO/c1-10-4-3-5-11(2)13(10)9-16(19)12-6-7-14(17)15(18)8-12/h3-8H,9H2,1-2H3. The molecule has 98 valence electrons. The SMILES string of the molecule is Cc1cccc(C)c1CC(=O)c1ccc(Cl)c(F)c1. The summed E-state index contributed by atoms with van der Waals surface area (Å²) in [5.74, 6) is -0.665. The number of carbonyl (C=O) groups excluding carboxylic acids is 1. The number of benzene rings is 2. The summed E-state index contributed by atoms with van der Waals surface area (Å²) < 4.78 is 13.4. The van der Waals surface area contributed by atoms with Crippen molar-refractivity contribution in [3.63, 3.8) is 0 Å². The second-order valence-corrected chi connectivity index (χ2v) is 5.01. The van der Waals surface area contributed by atoms with Gasteiger partial charge in [0.25, 0.3) is 0 Å². The minimum absolute atomic E-state index is 0.0311. The van der Waals surface area contributed by atoms with Crippen molar-refractivity contribution < 1.29 is 9.18 Å². The van der Waals surface area contributed by atoms with E-state index in [1.165, 1.54) is 12.1 Å². The van der Waals surface area contributed by atoms with Crippen molar-refractivity contribution in [3.8, 4) is 0 Å². The second-order valence-electron chi connectivity index (χ2n) is 4.60. The van der Waals surface area contributed by atoms with E-state index < -0.39 is 5.82 Å². The molecule has 0 N–H and O–H groups in total. The molecule has 1 nitrogen and oxygen atoms in total. The van der Waals surface area contributed by atoms with Gasteiger partial charge in [-0.15, -0.1) is 0 Å². The fourth-order valence-corrected chi connectivity index (χ4v) is 2.18. The van der Waals surface area contributed by atoms with Gasteiger partial charge in [0.1, 0.15) is 5.82 Å². The molecule has 0 bridgehead atoms. The number of halogens is 2. The van der Waals surface area contributed by atoms with Crippen LogP contribution in [-0.4, -0.2) is 5.78 Å². The topological polar surface area (TPSA) is 17.1 Å². The zero-order valence-corrected chi connectivity index (χ0v) is 11.6. The smallest absolute Gasteiger partial charge is 0.167 e. The average Bonchev–Trinajstić information content (AvgIpc) is 2.37. The fourth-order valence-electron chi connectivity index (χ4n) is 2.06. The van der Waals surface area contributed by atoms with Gasteiger partial charge >= 0.3 is 0 Å². The molecule has 0 aromatic heterocycles. The molecule has 0 saturated carbocycles. The summed E-state index contributed by atoms with van der Waals surface area (Å²) >= 11 is 5.61. The summed E-state index contributed by atoms with van der Waals surface area (Å²) in [5.41, 5.74) is 3.50. The quantitative estimate of drug-likeness (QED) is 0.753. The summed E-state index contributed by atoms with van der Waals surface area (Å²) in [7, 11) is 0. The fraction of sp³-hybridized carbons (Fsp3) is 0.188. The Morgan fingerprint density at radius 2 is 1.79 bits per heavy atom. The number of Topliss-reactive ketones (excluding diaryl/α,β-unsaturated/α-hetero) is 1. The summed E-state index contributed by atoms with van der Waals surface area (Å²) in [6.07, 6.45) is 0.277.